The number of carbonyl (C=O) groups excluding carboxylic acids is 1. The SMILES string of the molecule is Cc1cc(C(=O)N2CCC(C(=O)O)(c3ccccc3)C2)c2[nH]ncc2c1. The molecule has 4 rings (SSSR count). The molecule has 132 valence electrons. The van der Waals surface area contributed by atoms with E-state index in [1.54, 1.807) is 11.1 Å². The van der Waals surface area contributed by atoms with Crippen LogP contribution in [0.15, 0.2) is 48.7 Å². The number of fused-ring (bicyclic) bond motifs is 1. The number of nitrogens with one attached hydrogen (secondary N) is 1. The van der Waals surface area contributed by atoms with Gasteiger partial charge < -0.3 is 10.0 Å². The van der Waals surface area contributed by atoms with Crippen molar-refractivity contribution in [3.05, 3.63) is 65.4 Å². The number of carboxylic acids is 1. The Hall–Kier alpha value is -3.15. The number of nitrogens with zero attached hydrogens (tertiary/aromatic N) is 2. The summed E-state index contributed by atoms with van der Waals surface area (Å²) in [4.78, 5) is 26.9. The minimum absolute atomic E-state index is 0.161. The van der Waals surface area contributed by atoms with E-state index in [0.717, 1.165) is 16.5 Å². The number of aliphatic carboxylic acids is 1. The van der Waals surface area contributed by atoms with Gasteiger partial charge in [0.2, 0.25) is 0 Å². The van der Waals surface area contributed by atoms with Gasteiger partial charge in [0.1, 0.15) is 5.41 Å². The zero-order valence-electron chi connectivity index (χ0n) is 14.4. The fourth-order valence-corrected chi connectivity index (χ4v) is 3.82. The number of H-pyrrole nitrogens is 1. The van der Waals surface area contributed by atoms with E-state index in [-0.39, 0.29) is 12.5 Å². The molecule has 2 aromatic carbocycles. The zero-order chi connectivity index (χ0) is 18.3. The number of rotatable bonds is 3. The van der Waals surface area contributed by atoms with Crippen molar-refractivity contribution in [3.63, 3.8) is 0 Å². The third-order valence-electron chi connectivity index (χ3n) is 5.22. The van der Waals surface area contributed by atoms with Gasteiger partial charge >= 0.3 is 5.97 Å². The normalized spacial score (nSPS) is 19.8. The van der Waals surface area contributed by atoms with E-state index >= 15 is 0 Å². The lowest BCUT2D eigenvalue weighted by Gasteiger charge is -2.25. The van der Waals surface area contributed by atoms with E-state index in [0.29, 0.717) is 24.0 Å². The summed E-state index contributed by atoms with van der Waals surface area (Å²) < 4.78 is 0. The molecule has 2 N–H and O–H groups in total. The van der Waals surface area contributed by atoms with Crippen LogP contribution in [0.5, 0.6) is 0 Å². The molecule has 1 fully saturated rings. The predicted octanol–water partition coefficient (Wildman–Crippen LogP) is 2.74. The maximum atomic E-state index is 13.1. The van der Waals surface area contributed by atoms with Crippen molar-refractivity contribution in [1.82, 2.24) is 15.1 Å². The van der Waals surface area contributed by atoms with Crippen LogP contribution >= 0.6 is 0 Å². The fraction of sp³-hybridized carbons (Fsp3) is 0.250. The summed E-state index contributed by atoms with van der Waals surface area (Å²) in [7, 11) is 0. The van der Waals surface area contributed by atoms with Crippen LogP contribution in [0.2, 0.25) is 0 Å². The number of amides is 1. The van der Waals surface area contributed by atoms with Gasteiger partial charge in [0.05, 0.1) is 17.3 Å². The monoisotopic (exact) mass is 349 g/mol. The summed E-state index contributed by atoms with van der Waals surface area (Å²) in [5, 5.41) is 17.7. The van der Waals surface area contributed by atoms with Gasteiger partial charge in [-0.25, -0.2) is 0 Å². The molecule has 1 aliphatic heterocycles. The molecule has 1 unspecified atom stereocenters. The van der Waals surface area contributed by atoms with Crippen LogP contribution in [0.25, 0.3) is 10.9 Å². The number of aromatic nitrogens is 2. The van der Waals surface area contributed by atoms with Crippen molar-refractivity contribution in [2.75, 3.05) is 13.1 Å². The minimum Gasteiger partial charge on any atom is -0.481 e. The van der Waals surface area contributed by atoms with Gasteiger partial charge in [-0.1, -0.05) is 30.3 Å². The molecule has 1 atom stereocenters. The molecule has 0 spiro atoms. The number of aromatic amines is 1. The molecule has 1 amide bonds. The Morgan fingerprint density at radius 2 is 2.00 bits per heavy atom. The quantitative estimate of drug-likeness (QED) is 0.761. The molecule has 1 aromatic heterocycles. The van der Waals surface area contributed by atoms with Crippen LogP contribution in [-0.4, -0.2) is 45.2 Å². The van der Waals surface area contributed by atoms with Crippen LogP contribution in [0.1, 0.15) is 27.9 Å². The molecule has 6 nitrogen and oxygen atoms in total. The first-order chi connectivity index (χ1) is 12.5. The van der Waals surface area contributed by atoms with Gasteiger partial charge in [-0.15, -0.1) is 0 Å². The minimum atomic E-state index is -1.06. The van der Waals surface area contributed by atoms with Crippen LogP contribution in [-0.2, 0) is 10.2 Å². The Morgan fingerprint density at radius 1 is 1.23 bits per heavy atom. The highest BCUT2D eigenvalue weighted by molar-refractivity contribution is 6.06. The van der Waals surface area contributed by atoms with Crippen LogP contribution in [0.3, 0.4) is 0 Å². The summed E-state index contributed by atoms with van der Waals surface area (Å²) in [6.45, 7) is 2.50. The van der Waals surface area contributed by atoms with E-state index in [2.05, 4.69) is 10.2 Å². The first-order valence-electron chi connectivity index (χ1n) is 8.53. The molecule has 6 heteroatoms. The summed E-state index contributed by atoms with van der Waals surface area (Å²) in [5.41, 5.74) is 1.86. The van der Waals surface area contributed by atoms with Crippen molar-refractivity contribution in [3.8, 4) is 0 Å². The molecule has 2 heterocycles. The Labute approximate surface area is 150 Å². The number of carbonyl (C=O) groups is 2. The third-order valence-corrected chi connectivity index (χ3v) is 5.22. The summed E-state index contributed by atoms with van der Waals surface area (Å²) in [6, 6.07) is 13.0. The standard InChI is InChI=1S/C20H19N3O3/c1-13-9-14-11-21-22-17(14)16(10-13)18(24)23-8-7-20(12-23,19(25)26)15-5-3-2-4-6-15/h2-6,9-11H,7-8,12H2,1H3,(H,21,22)(H,25,26). The molecular formula is C20H19N3O3. The topological polar surface area (TPSA) is 86.3 Å². The van der Waals surface area contributed by atoms with Crippen molar-refractivity contribution in [2.24, 2.45) is 0 Å². The second-order valence-corrected chi connectivity index (χ2v) is 6.88. The number of hydrogen-bond donors (Lipinski definition) is 2. The van der Waals surface area contributed by atoms with E-state index in [1.165, 1.54) is 0 Å². The van der Waals surface area contributed by atoms with E-state index < -0.39 is 11.4 Å². The Bertz CT molecular complexity index is 996. The highest BCUT2D eigenvalue weighted by Gasteiger charge is 2.47. The van der Waals surface area contributed by atoms with Crippen molar-refractivity contribution >= 4 is 22.8 Å². The highest BCUT2D eigenvalue weighted by atomic mass is 16.4. The highest BCUT2D eigenvalue weighted by Crippen LogP contribution is 2.36. The van der Waals surface area contributed by atoms with Crippen LogP contribution in [0.4, 0.5) is 0 Å². The lowest BCUT2D eigenvalue weighted by Crippen LogP contribution is -2.40. The average molecular weight is 349 g/mol. The Kier molecular flexibility index (Phi) is 3.76. The van der Waals surface area contributed by atoms with Gasteiger partial charge in [-0.05, 0) is 36.6 Å². The Morgan fingerprint density at radius 3 is 2.73 bits per heavy atom. The van der Waals surface area contributed by atoms with E-state index in [4.69, 9.17) is 0 Å². The molecule has 0 bridgehead atoms. The molecule has 0 radical (unpaired) electrons. The second kappa shape index (κ2) is 5.98. The lowest BCUT2D eigenvalue weighted by molar-refractivity contribution is -0.143. The number of hydrogen-bond acceptors (Lipinski definition) is 3. The number of benzene rings is 2. The molecule has 3 aromatic rings. The smallest absolute Gasteiger partial charge is 0.316 e. The molecule has 26 heavy (non-hydrogen) atoms. The molecule has 0 aliphatic carbocycles. The zero-order valence-corrected chi connectivity index (χ0v) is 14.4. The maximum absolute atomic E-state index is 13.1. The van der Waals surface area contributed by atoms with Crippen molar-refractivity contribution in [1.29, 1.82) is 0 Å². The maximum Gasteiger partial charge on any atom is 0.316 e. The molecular weight excluding hydrogens is 330 g/mol. The molecule has 1 aliphatic rings. The van der Waals surface area contributed by atoms with Gasteiger partial charge in [0.15, 0.2) is 0 Å². The summed E-state index contributed by atoms with van der Waals surface area (Å²) >= 11 is 0. The first-order valence-corrected chi connectivity index (χ1v) is 8.53. The molecule has 0 saturated carbocycles. The van der Waals surface area contributed by atoms with E-state index in [9.17, 15) is 14.7 Å². The summed E-state index contributed by atoms with van der Waals surface area (Å²) in [5.74, 6) is -1.06. The van der Waals surface area contributed by atoms with Gasteiger partial charge in [0, 0.05) is 18.5 Å². The Balaban J connectivity index is 1.70. The number of carboxylic acid groups (broad SMARTS) is 1. The predicted molar refractivity (Wildman–Crippen MR) is 97.1 cm³/mol. The molecule has 1 saturated heterocycles. The van der Waals surface area contributed by atoms with Crippen molar-refractivity contribution < 1.29 is 14.7 Å². The first kappa shape index (κ1) is 16.3. The van der Waals surface area contributed by atoms with Crippen molar-refractivity contribution in [2.45, 2.75) is 18.8 Å². The summed E-state index contributed by atoms with van der Waals surface area (Å²) in [6.07, 6.45) is 2.09. The second-order valence-electron chi connectivity index (χ2n) is 6.88. The third kappa shape index (κ3) is 2.45. The van der Waals surface area contributed by atoms with E-state index in [1.807, 2.05) is 49.4 Å². The fourth-order valence-electron chi connectivity index (χ4n) is 3.82. The number of likely N-dealkylation sites (tertiary alicyclic amines) is 1. The van der Waals surface area contributed by atoms with Crippen LogP contribution in [0, 0.1) is 6.92 Å². The number of aryl methyl sites for hydroxylation is 1. The van der Waals surface area contributed by atoms with Gasteiger partial charge in [0.25, 0.3) is 5.91 Å². The van der Waals surface area contributed by atoms with Gasteiger partial charge in [-0.3, -0.25) is 14.7 Å². The van der Waals surface area contributed by atoms with Crippen LogP contribution < -0.4 is 0 Å². The van der Waals surface area contributed by atoms with Gasteiger partial charge in [-0.2, -0.15) is 5.10 Å². The largest absolute Gasteiger partial charge is 0.481 e. The average Bonchev–Trinajstić information content (AvgIpc) is 3.29. The lowest BCUT2D eigenvalue weighted by atomic mass is 9.80.